The molecule has 1 heterocycles. The molecule has 7 nitrogen and oxygen atoms in total. The maximum Gasteiger partial charge on any atom is 0.339 e. The molecule has 0 bridgehead atoms. The van der Waals surface area contributed by atoms with E-state index >= 15 is 0 Å². The van der Waals surface area contributed by atoms with Crippen LogP contribution < -0.4 is 4.72 Å². The second-order valence-corrected chi connectivity index (χ2v) is 6.80. The van der Waals surface area contributed by atoms with Crippen LogP contribution in [0.5, 0.6) is 0 Å². The van der Waals surface area contributed by atoms with E-state index in [1.54, 1.807) is 0 Å². The van der Waals surface area contributed by atoms with Crippen molar-refractivity contribution < 1.29 is 22.3 Å². The summed E-state index contributed by atoms with van der Waals surface area (Å²) in [6.07, 6.45) is 0.604. The standard InChI is InChI=1S/C12H12FN3O4S2/c1-3-10-14-15-12(21-10)16-22(18,19)9-6-7(13)4-5-8(9)11(17)20-2/h4-6H,3H2,1-2H3,(H,15,16). The van der Waals surface area contributed by atoms with Crippen molar-refractivity contribution in [2.45, 2.75) is 18.2 Å². The van der Waals surface area contributed by atoms with E-state index in [0.29, 0.717) is 11.4 Å². The summed E-state index contributed by atoms with van der Waals surface area (Å²) in [5, 5.41) is 8.15. The lowest BCUT2D eigenvalue weighted by atomic mass is 10.2. The van der Waals surface area contributed by atoms with Gasteiger partial charge in [0.15, 0.2) is 0 Å². The van der Waals surface area contributed by atoms with E-state index < -0.39 is 26.7 Å². The quantitative estimate of drug-likeness (QED) is 0.830. The maximum atomic E-state index is 13.4. The maximum absolute atomic E-state index is 13.4. The smallest absolute Gasteiger partial charge is 0.339 e. The molecule has 0 spiro atoms. The van der Waals surface area contributed by atoms with Crippen molar-refractivity contribution in [2.75, 3.05) is 11.8 Å². The Balaban J connectivity index is 2.44. The molecule has 0 aliphatic heterocycles. The van der Waals surface area contributed by atoms with Gasteiger partial charge in [-0.05, 0) is 24.6 Å². The highest BCUT2D eigenvalue weighted by molar-refractivity contribution is 7.93. The van der Waals surface area contributed by atoms with Crippen LogP contribution in [0, 0.1) is 5.82 Å². The number of aryl methyl sites for hydroxylation is 1. The fourth-order valence-corrected chi connectivity index (χ4v) is 3.72. The number of hydrogen-bond acceptors (Lipinski definition) is 7. The van der Waals surface area contributed by atoms with Crippen molar-refractivity contribution in [2.24, 2.45) is 0 Å². The number of benzene rings is 1. The van der Waals surface area contributed by atoms with Gasteiger partial charge in [-0.25, -0.2) is 17.6 Å². The first-order valence-corrected chi connectivity index (χ1v) is 8.40. The minimum absolute atomic E-state index is 0.0388. The Bertz CT molecular complexity index is 804. The molecule has 0 atom stereocenters. The average molecular weight is 345 g/mol. The van der Waals surface area contributed by atoms with Crippen molar-refractivity contribution in [3.05, 3.63) is 34.6 Å². The Kier molecular flexibility index (Phi) is 4.71. The fourth-order valence-electron chi connectivity index (χ4n) is 1.60. The molecule has 0 amide bonds. The molecule has 1 aromatic carbocycles. The van der Waals surface area contributed by atoms with Crippen LogP contribution >= 0.6 is 11.3 Å². The fraction of sp³-hybridized carbons (Fsp3) is 0.250. The van der Waals surface area contributed by atoms with Gasteiger partial charge in [-0.1, -0.05) is 18.3 Å². The average Bonchev–Trinajstić information content (AvgIpc) is 2.93. The van der Waals surface area contributed by atoms with Crippen LogP contribution in [0.25, 0.3) is 0 Å². The van der Waals surface area contributed by atoms with E-state index in [4.69, 9.17) is 0 Å². The molecule has 0 aliphatic carbocycles. The number of halogens is 1. The van der Waals surface area contributed by atoms with Gasteiger partial charge in [0.2, 0.25) is 5.13 Å². The lowest BCUT2D eigenvalue weighted by Crippen LogP contribution is -2.18. The van der Waals surface area contributed by atoms with Crippen LogP contribution in [0.3, 0.4) is 0 Å². The van der Waals surface area contributed by atoms with Gasteiger partial charge < -0.3 is 4.74 Å². The van der Waals surface area contributed by atoms with Gasteiger partial charge >= 0.3 is 5.97 Å². The van der Waals surface area contributed by atoms with Crippen molar-refractivity contribution >= 4 is 32.5 Å². The molecule has 2 rings (SSSR count). The van der Waals surface area contributed by atoms with Gasteiger partial charge in [-0.3, -0.25) is 4.72 Å². The van der Waals surface area contributed by atoms with Crippen LogP contribution in [-0.4, -0.2) is 31.7 Å². The summed E-state index contributed by atoms with van der Waals surface area (Å²) in [6, 6.07) is 2.77. The summed E-state index contributed by atoms with van der Waals surface area (Å²) < 4.78 is 44.7. The Morgan fingerprint density at radius 1 is 1.41 bits per heavy atom. The zero-order valence-corrected chi connectivity index (χ0v) is 13.3. The monoisotopic (exact) mass is 345 g/mol. The number of methoxy groups -OCH3 is 1. The molecule has 118 valence electrons. The number of carbonyl (C=O) groups is 1. The first-order valence-electron chi connectivity index (χ1n) is 6.10. The van der Waals surface area contributed by atoms with Crippen LogP contribution in [0.2, 0.25) is 0 Å². The number of nitrogens with zero attached hydrogens (tertiary/aromatic N) is 2. The third-order valence-corrected chi connectivity index (χ3v) is 5.12. The number of anilines is 1. The molecule has 10 heteroatoms. The van der Waals surface area contributed by atoms with E-state index in [9.17, 15) is 17.6 Å². The highest BCUT2D eigenvalue weighted by Crippen LogP contribution is 2.23. The number of aromatic nitrogens is 2. The number of carbonyl (C=O) groups excluding carboxylic acids is 1. The molecule has 1 N–H and O–H groups in total. The largest absolute Gasteiger partial charge is 0.465 e. The highest BCUT2D eigenvalue weighted by atomic mass is 32.2. The first-order chi connectivity index (χ1) is 10.4. The Hall–Kier alpha value is -2.07. The van der Waals surface area contributed by atoms with Crippen LogP contribution in [-0.2, 0) is 21.2 Å². The van der Waals surface area contributed by atoms with Crippen LogP contribution in [0.1, 0.15) is 22.3 Å². The third kappa shape index (κ3) is 3.39. The van der Waals surface area contributed by atoms with Gasteiger partial charge in [0.25, 0.3) is 10.0 Å². The predicted molar refractivity (Wildman–Crippen MR) is 77.8 cm³/mol. The van der Waals surface area contributed by atoms with Gasteiger partial charge in [0.1, 0.15) is 15.7 Å². The summed E-state index contributed by atoms with van der Waals surface area (Å²) in [5.74, 6) is -1.67. The zero-order valence-electron chi connectivity index (χ0n) is 11.7. The lowest BCUT2D eigenvalue weighted by Gasteiger charge is -2.09. The molecule has 0 aliphatic rings. The van der Waals surface area contributed by atoms with Crippen LogP contribution in [0.4, 0.5) is 9.52 Å². The number of rotatable bonds is 5. The normalized spacial score (nSPS) is 11.2. The minimum atomic E-state index is -4.20. The van der Waals surface area contributed by atoms with E-state index in [2.05, 4.69) is 19.7 Å². The number of hydrogen-bond donors (Lipinski definition) is 1. The van der Waals surface area contributed by atoms with Crippen molar-refractivity contribution in [3.63, 3.8) is 0 Å². The number of sulfonamides is 1. The third-order valence-electron chi connectivity index (χ3n) is 2.63. The first kappa shape index (κ1) is 16.3. The van der Waals surface area contributed by atoms with Gasteiger partial charge in [0.05, 0.1) is 12.7 Å². The van der Waals surface area contributed by atoms with E-state index in [-0.39, 0.29) is 10.7 Å². The Morgan fingerprint density at radius 2 is 2.14 bits per heavy atom. The van der Waals surface area contributed by atoms with Gasteiger partial charge in [0, 0.05) is 0 Å². The van der Waals surface area contributed by atoms with Gasteiger partial charge in [-0.2, -0.15) is 0 Å². The molecule has 0 fully saturated rings. The molecular weight excluding hydrogens is 333 g/mol. The molecule has 2 aromatic rings. The predicted octanol–water partition coefficient (Wildman–Crippen LogP) is 1.83. The summed E-state index contributed by atoms with van der Waals surface area (Å²) in [7, 11) is -3.09. The summed E-state index contributed by atoms with van der Waals surface area (Å²) in [4.78, 5) is 11.1. The Labute approximate surface area is 130 Å². The molecule has 0 radical (unpaired) electrons. The molecule has 22 heavy (non-hydrogen) atoms. The lowest BCUT2D eigenvalue weighted by molar-refractivity contribution is 0.0596. The van der Waals surface area contributed by atoms with Crippen molar-refractivity contribution in [1.82, 2.24) is 10.2 Å². The molecule has 1 aromatic heterocycles. The molecule has 0 saturated carbocycles. The van der Waals surface area contributed by atoms with Crippen LogP contribution in [0.15, 0.2) is 23.1 Å². The molecule has 0 unspecified atom stereocenters. The zero-order chi connectivity index (χ0) is 16.3. The number of esters is 1. The Morgan fingerprint density at radius 3 is 2.73 bits per heavy atom. The molecular formula is C12H12FN3O4S2. The van der Waals surface area contributed by atoms with Gasteiger partial charge in [-0.15, -0.1) is 10.2 Å². The van der Waals surface area contributed by atoms with E-state index in [1.807, 2.05) is 6.92 Å². The van der Waals surface area contributed by atoms with E-state index in [0.717, 1.165) is 36.6 Å². The van der Waals surface area contributed by atoms with E-state index in [1.165, 1.54) is 0 Å². The second kappa shape index (κ2) is 6.36. The highest BCUT2D eigenvalue weighted by Gasteiger charge is 2.25. The number of ether oxygens (including phenoxy) is 1. The van der Waals surface area contributed by atoms with Crippen molar-refractivity contribution in [1.29, 1.82) is 0 Å². The summed E-state index contributed by atoms with van der Waals surface area (Å²) >= 11 is 1.06. The SMILES string of the molecule is CCc1nnc(NS(=O)(=O)c2cc(F)ccc2C(=O)OC)s1. The summed E-state index contributed by atoms with van der Waals surface area (Å²) in [6.45, 7) is 1.85. The van der Waals surface area contributed by atoms with Crippen molar-refractivity contribution in [3.8, 4) is 0 Å². The second-order valence-electron chi connectivity index (χ2n) is 4.09. The molecule has 0 saturated heterocycles. The minimum Gasteiger partial charge on any atom is -0.465 e. The number of nitrogens with one attached hydrogen (secondary N) is 1. The summed E-state index contributed by atoms with van der Waals surface area (Å²) in [5.41, 5.74) is -0.267. The topological polar surface area (TPSA) is 98.3 Å².